The third-order valence-electron chi connectivity index (χ3n) is 4.47. The molecule has 0 saturated heterocycles. The summed E-state index contributed by atoms with van der Waals surface area (Å²) in [5.74, 6) is -1.57. The van der Waals surface area contributed by atoms with E-state index < -0.39 is 16.1 Å². The van der Waals surface area contributed by atoms with E-state index in [0.717, 1.165) is 5.41 Å². The Morgan fingerprint density at radius 2 is 1.62 bits per heavy atom. The van der Waals surface area contributed by atoms with E-state index in [1.165, 1.54) is 36.4 Å². The van der Waals surface area contributed by atoms with Gasteiger partial charge in [-0.25, -0.2) is 4.79 Å². The zero-order chi connectivity index (χ0) is 24.7. The van der Waals surface area contributed by atoms with Gasteiger partial charge in [0.05, 0.1) is 16.0 Å². The molecule has 176 valence electrons. The van der Waals surface area contributed by atoms with Crippen LogP contribution in [0.4, 0.5) is 5.69 Å². The van der Waals surface area contributed by atoms with Gasteiger partial charge >= 0.3 is 16.1 Å². The van der Waals surface area contributed by atoms with Crippen molar-refractivity contribution in [2.24, 2.45) is 5.92 Å². The fourth-order valence-electron chi connectivity index (χ4n) is 2.66. The summed E-state index contributed by atoms with van der Waals surface area (Å²) in [6.07, 6.45) is 1.37. The Balaban J connectivity index is 1.76. The predicted octanol–water partition coefficient (Wildman–Crippen LogP) is 5.53. The maximum atomic E-state index is 12.6. The fourth-order valence-corrected chi connectivity index (χ4v) is 3.69. The van der Waals surface area contributed by atoms with E-state index in [1.54, 1.807) is 50.2 Å². The zero-order valence-corrected chi connectivity index (χ0v) is 20.0. The first kappa shape index (κ1) is 25.0. The largest absolute Gasteiger partial charge is 0.419 e. The molecule has 9 heteroatoms. The van der Waals surface area contributed by atoms with Gasteiger partial charge in [-0.3, -0.25) is 4.79 Å². The van der Waals surface area contributed by atoms with Crippen molar-refractivity contribution in [3.05, 3.63) is 94.4 Å². The summed E-state index contributed by atoms with van der Waals surface area (Å²) in [4.78, 5) is 24.4. The average Bonchev–Trinajstić information content (AvgIpc) is 2.81. The van der Waals surface area contributed by atoms with Gasteiger partial charge in [0.25, 0.3) is 0 Å². The molecule has 0 aliphatic rings. The molecule has 1 amide bonds. The molecule has 0 aliphatic carbocycles. The van der Waals surface area contributed by atoms with Crippen LogP contribution in [0, 0.1) is 5.92 Å². The summed E-state index contributed by atoms with van der Waals surface area (Å²) in [5.41, 5.74) is 1.37. The smallest absolute Gasteiger partial charge is 0.343 e. The van der Waals surface area contributed by atoms with Crippen LogP contribution in [0.3, 0.4) is 0 Å². The Bertz CT molecular complexity index is 1300. The minimum atomic E-state index is -4.20. The van der Waals surface area contributed by atoms with E-state index in [4.69, 9.17) is 20.5 Å². The number of hydrogen-bond acceptors (Lipinski definition) is 6. The van der Waals surface area contributed by atoms with Crippen molar-refractivity contribution in [1.82, 2.24) is 0 Å². The SMILES string of the molecule is CC(C)C(=O)Nc1ccc(C(=O)Oc2cccc(Cl)c2OS(=O)(=O)C=Cc2ccccc2)cc1. The maximum Gasteiger partial charge on any atom is 0.343 e. The molecule has 0 unspecified atom stereocenters. The molecular formula is C25H22ClNO6S. The second-order valence-corrected chi connectivity index (χ2v) is 9.30. The lowest BCUT2D eigenvalue weighted by Crippen LogP contribution is -2.17. The zero-order valence-electron chi connectivity index (χ0n) is 18.4. The number of carbonyl (C=O) groups is 2. The quantitative estimate of drug-likeness (QED) is 0.248. The highest BCUT2D eigenvalue weighted by atomic mass is 35.5. The van der Waals surface area contributed by atoms with Crippen LogP contribution in [0.5, 0.6) is 11.5 Å². The number of benzene rings is 3. The molecule has 3 aromatic carbocycles. The average molecular weight is 500 g/mol. The fraction of sp³-hybridized carbons (Fsp3) is 0.120. The van der Waals surface area contributed by atoms with Crippen LogP contribution >= 0.6 is 11.6 Å². The number of nitrogens with one attached hydrogen (secondary N) is 1. The van der Waals surface area contributed by atoms with Gasteiger partial charge in [-0.1, -0.05) is 61.8 Å². The molecule has 0 spiro atoms. The van der Waals surface area contributed by atoms with Crippen LogP contribution in [-0.2, 0) is 14.9 Å². The van der Waals surface area contributed by atoms with Crippen molar-refractivity contribution >= 4 is 45.4 Å². The molecule has 0 heterocycles. The van der Waals surface area contributed by atoms with Crippen molar-refractivity contribution in [2.45, 2.75) is 13.8 Å². The second kappa shape index (κ2) is 11.0. The Morgan fingerprint density at radius 3 is 2.26 bits per heavy atom. The predicted molar refractivity (Wildman–Crippen MR) is 131 cm³/mol. The van der Waals surface area contributed by atoms with Crippen molar-refractivity contribution in [1.29, 1.82) is 0 Å². The van der Waals surface area contributed by atoms with Gasteiger partial charge in [-0.05, 0) is 48.0 Å². The molecule has 0 fully saturated rings. The van der Waals surface area contributed by atoms with Gasteiger partial charge in [-0.15, -0.1) is 0 Å². The van der Waals surface area contributed by atoms with Gasteiger partial charge in [-0.2, -0.15) is 8.42 Å². The molecule has 3 aromatic rings. The van der Waals surface area contributed by atoms with Crippen molar-refractivity contribution in [3.8, 4) is 11.5 Å². The van der Waals surface area contributed by atoms with Crippen LogP contribution < -0.4 is 14.2 Å². The summed E-state index contributed by atoms with van der Waals surface area (Å²) in [6.45, 7) is 3.53. The molecule has 3 rings (SSSR count). The van der Waals surface area contributed by atoms with Crippen LogP contribution in [0.1, 0.15) is 29.8 Å². The first-order chi connectivity index (χ1) is 16.1. The minimum absolute atomic E-state index is 0.0475. The molecule has 0 bridgehead atoms. The highest BCUT2D eigenvalue weighted by Gasteiger charge is 2.20. The highest BCUT2D eigenvalue weighted by Crippen LogP contribution is 2.36. The Morgan fingerprint density at radius 1 is 0.941 bits per heavy atom. The highest BCUT2D eigenvalue weighted by molar-refractivity contribution is 7.90. The normalized spacial score (nSPS) is 11.4. The summed E-state index contributed by atoms with van der Waals surface area (Å²) >= 11 is 6.13. The molecule has 0 aromatic heterocycles. The van der Waals surface area contributed by atoms with Gasteiger partial charge in [0.1, 0.15) is 0 Å². The number of rotatable bonds is 8. The number of halogens is 1. The molecular weight excluding hydrogens is 478 g/mol. The Hall–Kier alpha value is -3.62. The van der Waals surface area contributed by atoms with Gasteiger partial charge in [0, 0.05) is 11.6 Å². The summed E-state index contributed by atoms with van der Waals surface area (Å²) in [7, 11) is -4.20. The lowest BCUT2D eigenvalue weighted by atomic mass is 10.1. The van der Waals surface area contributed by atoms with Crippen LogP contribution in [0.15, 0.2) is 78.2 Å². The van der Waals surface area contributed by atoms with E-state index in [2.05, 4.69) is 5.32 Å². The number of ether oxygens (including phenoxy) is 1. The van der Waals surface area contributed by atoms with Gasteiger partial charge in [0.15, 0.2) is 5.75 Å². The van der Waals surface area contributed by atoms with Crippen molar-refractivity contribution in [2.75, 3.05) is 5.32 Å². The molecule has 34 heavy (non-hydrogen) atoms. The van der Waals surface area contributed by atoms with E-state index in [0.29, 0.717) is 11.3 Å². The van der Waals surface area contributed by atoms with Gasteiger partial charge < -0.3 is 14.2 Å². The van der Waals surface area contributed by atoms with E-state index >= 15 is 0 Å². The third-order valence-corrected chi connectivity index (χ3v) is 5.64. The van der Waals surface area contributed by atoms with Crippen LogP contribution in [0.25, 0.3) is 6.08 Å². The van der Waals surface area contributed by atoms with E-state index in [9.17, 15) is 18.0 Å². The van der Waals surface area contributed by atoms with E-state index in [1.807, 2.05) is 6.07 Å². The summed E-state index contributed by atoms with van der Waals surface area (Å²) in [5, 5.41) is 3.56. The lowest BCUT2D eigenvalue weighted by Gasteiger charge is -2.12. The third kappa shape index (κ3) is 6.94. The first-order valence-electron chi connectivity index (χ1n) is 10.2. The molecule has 7 nitrogen and oxygen atoms in total. The van der Waals surface area contributed by atoms with Crippen LogP contribution in [0.2, 0.25) is 5.02 Å². The molecule has 0 atom stereocenters. The van der Waals surface area contributed by atoms with Crippen molar-refractivity contribution in [3.63, 3.8) is 0 Å². The van der Waals surface area contributed by atoms with Crippen molar-refractivity contribution < 1.29 is 26.9 Å². The number of anilines is 1. The Labute approximate surface area is 203 Å². The number of hydrogen-bond donors (Lipinski definition) is 1. The minimum Gasteiger partial charge on any atom is -0.419 e. The second-order valence-electron chi connectivity index (χ2n) is 7.47. The number of esters is 1. The standard InChI is InChI=1S/C25H22ClNO6S/c1-17(2)24(28)27-20-13-11-19(12-14-20)25(29)32-22-10-6-9-21(26)23(22)33-34(30,31)16-15-18-7-4-3-5-8-18/h3-17H,1-2H3,(H,27,28). The summed E-state index contributed by atoms with van der Waals surface area (Å²) < 4.78 is 35.4. The molecule has 0 saturated carbocycles. The number of para-hydroxylation sites is 1. The topological polar surface area (TPSA) is 98.8 Å². The van der Waals surface area contributed by atoms with Gasteiger partial charge in [0.2, 0.25) is 11.7 Å². The maximum absolute atomic E-state index is 12.6. The molecule has 0 radical (unpaired) electrons. The Kier molecular flexibility index (Phi) is 8.09. The van der Waals surface area contributed by atoms with E-state index in [-0.39, 0.29) is 33.9 Å². The number of carbonyl (C=O) groups excluding carboxylic acids is 2. The molecule has 0 aliphatic heterocycles. The monoisotopic (exact) mass is 499 g/mol. The number of amides is 1. The first-order valence-corrected chi connectivity index (χ1v) is 12.1. The molecule has 1 N–H and O–H groups in total. The summed E-state index contributed by atoms with van der Waals surface area (Å²) in [6, 6.07) is 19.2. The lowest BCUT2D eigenvalue weighted by molar-refractivity contribution is -0.118. The van der Waals surface area contributed by atoms with Crippen LogP contribution in [-0.4, -0.2) is 20.3 Å².